The number of aromatic nitrogens is 1. The second-order valence-electron chi connectivity index (χ2n) is 6.69. The number of nitrogens with one attached hydrogen (secondary N) is 2. The van der Waals surface area contributed by atoms with Crippen molar-refractivity contribution in [1.82, 2.24) is 9.88 Å². The van der Waals surface area contributed by atoms with Gasteiger partial charge in [0.25, 0.3) is 5.56 Å². The number of carboxylic acids is 1. The molecule has 2 amide bonds. The van der Waals surface area contributed by atoms with Gasteiger partial charge in [-0.15, -0.1) is 0 Å². The lowest BCUT2D eigenvalue weighted by Crippen LogP contribution is -2.38. The van der Waals surface area contributed by atoms with Gasteiger partial charge in [-0.1, -0.05) is 29.8 Å². The molecule has 7 nitrogen and oxygen atoms in total. The molecule has 3 aromatic rings. The molecule has 1 aromatic heterocycles. The Hall–Kier alpha value is -3.39. The molecule has 0 saturated carbocycles. The van der Waals surface area contributed by atoms with Gasteiger partial charge in [-0.2, -0.15) is 0 Å². The predicted octanol–water partition coefficient (Wildman–Crippen LogP) is 4.39. The number of H-pyrrole nitrogens is 1. The number of hydrogen-bond acceptors (Lipinski definition) is 3. The van der Waals surface area contributed by atoms with Gasteiger partial charge in [-0.05, 0) is 42.1 Å². The maximum Gasteiger partial charge on any atom is 0.322 e. The molecule has 0 aliphatic rings. The van der Waals surface area contributed by atoms with Crippen LogP contribution in [0.5, 0.6) is 0 Å². The fourth-order valence-electron chi connectivity index (χ4n) is 3.20. The number of pyridine rings is 1. The number of aromatic amines is 1. The standard InChI is InChI=1S/C21H19ClFN3O4/c1-12(16-11-24-20(29)15-5-3-2-4-14(15)16)26(9-8-19(27)28)21(30)25-13-6-7-18(23)17(22)10-13/h2-7,10-12H,8-9H2,1H3,(H,24,29)(H,25,30)(H,27,28)/t12-/m0/s1. The summed E-state index contributed by atoms with van der Waals surface area (Å²) in [4.78, 5) is 40.2. The Balaban J connectivity index is 1.95. The van der Waals surface area contributed by atoms with E-state index in [4.69, 9.17) is 16.7 Å². The number of carbonyl (C=O) groups excluding carboxylic acids is 1. The van der Waals surface area contributed by atoms with Crippen molar-refractivity contribution in [3.8, 4) is 0 Å². The maximum atomic E-state index is 13.4. The number of aliphatic carboxylic acids is 1. The van der Waals surface area contributed by atoms with E-state index in [0.717, 1.165) is 6.07 Å². The Morgan fingerprint density at radius 3 is 2.60 bits per heavy atom. The Bertz CT molecular complexity index is 1160. The zero-order chi connectivity index (χ0) is 21.8. The number of halogens is 2. The number of fused-ring (bicyclic) bond motifs is 1. The van der Waals surface area contributed by atoms with Gasteiger partial charge in [0.05, 0.1) is 17.5 Å². The van der Waals surface area contributed by atoms with Crippen molar-refractivity contribution in [1.29, 1.82) is 0 Å². The number of benzene rings is 2. The first-order chi connectivity index (χ1) is 14.3. The molecule has 2 aromatic carbocycles. The SMILES string of the molecule is C[C@@H](c1c[nH]c(=O)c2ccccc12)N(CCC(=O)O)C(=O)Nc1ccc(F)c(Cl)c1. The van der Waals surface area contributed by atoms with Crippen LogP contribution in [0.1, 0.15) is 24.9 Å². The predicted molar refractivity (Wildman–Crippen MR) is 112 cm³/mol. The fraction of sp³-hybridized carbons (Fsp3) is 0.190. The highest BCUT2D eigenvalue weighted by Crippen LogP contribution is 2.27. The highest BCUT2D eigenvalue weighted by molar-refractivity contribution is 6.31. The number of rotatable bonds is 6. The monoisotopic (exact) mass is 431 g/mol. The number of carboxylic acid groups (broad SMARTS) is 1. The number of urea groups is 1. The van der Waals surface area contributed by atoms with Crippen molar-refractivity contribution < 1.29 is 19.1 Å². The van der Waals surface area contributed by atoms with E-state index in [1.54, 1.807) is 31.2 Å². The van der Waals surface area contributed by atoms with E-state index >= 15 is 0 Å². The number of carbonyl (C=O) groups is 2. The van der Waals surface area contributed by atoms with Crippen LogP contribution in [0.3, 0.4) is 0 Å². The summed E-state index contributed by atoms with van der Waals surface area (Å²) in [5.41, 5.74) is 0.664. The molecule has 9 heteroatoms. The fourth-order valence-corrected chi connectivity index (χ4v) is 3.38. The summed E-state index contributed by atoms with van der Waals surface area (Å²) in [6.45, 7) is 1.66. The van der Waals surface area contributed by atoms with Gasteiger partial charge >= 0.3 is 12.0 Å². The van der Waals surface area contributed by atoms with Crippen LogP contribution in [0.2, 0.25) is 5.02 Å². The van der Waals surface area contributed by atoms with Gasteiger partial charge in [-0.3, -0.25) is 9.59 Å². The first-order valence-electron chi connectivity index (χ1n) is 9.12. The van der Waals surface area contributed by atoms with E-state index in [1.165, 1.54) is 23.2 Å². The van der Waals surface area contributed by atoms with Gasteiger partial charge in [-0.25, -0.2) is 9.18 Å². The van der Waals surface area contributed by atoms with E-state index in [9.17, 15) is 18.8 Å². The molecular formula is C21H19ClFN3O4. The first kappa shape index (κ1) is 21.3. The van der Waals surface area contributed by atoms with Crippen LogP contribution in [-0.2, 0) is 4.79 Å². The van der Waals surface area contributed by atoms with Crippen LogP contribution >= 0.6 is 11.6 Å². The minimum Gasteiger partial charge on any atom is -0.481 e. The van der Waals surface area contributed by atoms with Gasteiger partial charge < -0.3 is 20.3 Å². The average molecular weight is 432 g/mol. The molecule has 1 heterocycles. The zero-order valence-electron chi connectivity index (χ0n) is 16.0. The summed E-state index contributed by atoms with van der Waals surface area (Å²) in [7, 11) is 0. The molecule has 3 N–H and O–H groups in total. The van der Waals surface area contributed by atoms with Crippen molar-refractivity contribution in [3.05, 3.63) is 75.4 Å². The molecule has 0 saturated heterocycles. The lowest BCUT2D eigenvalue weighted by Gasteiger charge is -2.30. The largest absolute Gasteiger partial charge is 0.481 e. The van der Waals surface area contributed by atoms with Crippen LogP contribution in [0, 0.1) is 5.82 Å². The molecule has 3 rings (SSSR count). The molecule has 156 valence electrons. The summed E-state index contributed by atoms with van der Waals surface area (Å²) in [6.07, 6.45) is 1.24. The average Bonchev–Trinajstić information content (AvgIpc) is 2.71. The third kappa shape index (κ3) is 4.60. The van der Waals surface area contributed by atoms with E-state index in [0.29, 0.717) is 16.3 Å². The van der Waals surface area contributed by atoms with Crippen molar-refractivity contribution in [2.75, 3.05) is 11.9 Å². The highest BCUT2D eigenvalue weighted by Gasteiger charge is 2.24. The van der Waals surface area contributed by atoms with E-state index < -0.39 is 23.9 Å². The molecule has 0 bridgehead atoms. The molecule has 0 spiro atoms. The molecule has 0 aliphatic heterocycles. The van der Waals surface area contributed by atoms with Crippen molar-refractivity contribution in [2.24, 2.45) is 0 Å². The number of nitrogens with zero attached hydrogens (tertiary/aromatic N) is 1. The van der Waals surface area contributed by atoms with Crippen LogP contribution in [0.15, 0.2) is 53.5 Å². The summed E-state index contributed by atoms with van der Waals surface area (Å²) < 4.78 is 13.4. The lowest BCUT2D eigenvalue weighted by molar-refractivity contribution is -0.137. The Labute approximate surface area is 176 Å². The first-order valence-corrected chi connectivity index (χ1v) is 9.50. The molecule has 30 heavy (non-hydrogen) atoms. The van der Waals surface area contributed by atoms with Crippen molar-refractivity contribution in [2.45, 2.75) is 19.4 Å². The molecule has 0 radical (unpaired) electrons. The summed E-state index contributed by atoms with van der Waals surface area (Å²) in [6, 6.07) is 9.55. The molecule has 0 unspecified atom stereocenters. The van der Waals surface area contributed by atoms with Crippen LogP contribution in [0.4, 0.5) is 14.9 Å². The van der Waals surface area contributed by atoms with Gasteiger partial charge in [0.1, 0.15) is 5.82 Å². The van der Waals surface area contributed by atoms with E-state index in [-0.39, 0.29) is 29.2 Å². The minimum absolute atomic E-state index is 0.0787. The maximum absolute atomic E-state index is 13.4. The minimum atomic E-state index is -1.06. The second kappa shape index (κ2) is 8.96. The molecule has 1 atom stereocenters. The van der Waals surface area contributed by atoms with Crippen LogP contribution in [0.25, 0.3) is 10.8 Å². The van der Waals surface area contributed by atoms with Crippen LogP contribution < -0.4 is 10.9 Å². The molecular weight excluding hydrogens is 413 g/mol. The normalized spacial score (nSPS) is 11.8. The van der Waals surface area contributed by atoms with Crippen molar-refractivity contribution >= 4 is 40.1 Å². The smallest absolute Gasteiger partial charge is 0.322 e. The highest BCUT2D eigenvalue weighted by atomic mass is 35.5. The van der Waals surface area contributed by atoms with Gasteiger partial charge in [0.15, 0.2) is 0 Å². The second-order valence-corrected chi connectivity index (χ2v) is 7.10. The Morgan fingerprint density at radius 2 is 1.93 bits per heavy atom. The van der Waals surface area contributed by atoms with Gasteiger partial charge in [0, 0.05) is 23.8 Å². The number of amides is 2. The third-order valence-corrected chi connectivity index (χ3v) is 5.05. The molecule has 0 aliphatic carbocycles. The lowest BCUT2D eigenvalue weighted by atomic mass is 10.0. The third-order valence-electron chi connectivity index (χ3n) is 4.76. The van der Waals surface area contributed by atoms with Gasteiger partial charge in [0.2, 0.25) is 0 Å². The Kier molecular flexibility index (Phi) is 6.37. The Morgan fingerprint density at radius 1 is 1.23 bits per heavy atom. The van der Waals surface area contributed by atoms with E-state index in [1.807, 2.05) is 0 Å². The summed E-state index contributed by atoms with van der Waals surface area (Å²) >= 11 is 5.77. The molecule has 0 fully saturated rings. The van der Waals surface area contributed by atoms with E-state index in [2.05, 4.69) is 10.3 Å². The zero-order valence-corrected chi connectivity index (χ0v) is 16.7. The van der Waals surface area contributed by atoms with Crippen LogP contribution in [-0.4, -0.2) is 33.5 Å². The topological polar surface area (TPSA) is 102 Å². The quantitative estimate of drug-likeness (QED) is 0.538. The number of anilines is 1. The summed E-state index contributed by atoms with van der Waals surface area (Å²) in [5, 5.41) is 12.7. The van der Waals surface area contributed by atoms with Crippen molar-refractivity contribution in [3.63, 3.8) is 0 Å². The number of hydrogen-bond donors (Lipinski definition) is 3. The summed E-state index contributed by atoms with van der Waals surface area (Å²) in [5.74, 6) is -1.68.